The van der Waals surface area contributed by atoms with Gasteiger partial charge in [0.15, 0.2) is 0 Å². The number of hydrogen-bond donors (Lipinski definition) is 1. The number of aliphatic hydroxyl groups excluding tert-OH is 1. The van der Waals surface area contributed by atoms with Crippen LogP contribution in [0.3, 0.4) is 0 Å². The van der Waals surface area contributed by atoms with Gasteiger partial charge in [0, 0.05) is 6.54 Å². The van der Waals surface area contributed by atoms with Crippen molar-refractivity contribution in [1.82, 2.24) is 4.90 Å². The molecule has 0 aliphatic rings. The van der Waals surface area contributed by atoms with Crippen LogP contribution in [0.4, 0.5) is 0 Å². The van der Waals surface area contributed by atoms with E-state index in [0.717, 1.165) is 19.5 Å². The first-order chi connectivity index (χ1) is 5.16. The summed E-state index contributed by atoms with van der Waals surface area (Å²) in [5.74, 6) is 0. The second kappa shape index (κ2) is 9.92. The molecule has 70 valence electrons. The molecule has 11 heavy (non-hydrogen) atoms. The van der Waals surface area contributed by atoms with Gasteiger partial charge in [-0.1, -0.05) is 20.8 Å². The monoisotopic (exact) mass is 161 g/mol. The molecule has 0 rings (SSSR count). The predicted molar refractivity (Wildman–Crippen MR) is 50.8 cm³/mol. The highest BCUT2D eigenvalue weighted by Gasteiger charge is 1.99. The maximum Gasteiger partial charge on any atom is 0.0638 e. The molecule has 0 saturated carbocycles. The van der Waals surface area contributed by atoms with E-state index in [2.05, 4.69) is 11.8 Å². The summed E-state index contributed by atoms with van der Waals surface area (Å²) in [5.41, 5.74) is 0. The quantitative estimate of drug-likeness (QED) is 0.679. The maximum atomic E-state index is 8.91. The summed E-state index contributed by atoms with van der Waals surface area (Å²) in [4.78, 5) is 2.13. The van der Waals surface area contributed by atoms with Crippen LogP contribution in [0.1, 0.15) is 34.1 Å². The summed E-state index contributed by atoms with van der Waals surface area (Å²) in [6.45, 7) is 9.81. The zero-order valence-electron chi connectivity index (χ0n) is 8.59. The Hall–Kier alpha value is -0.0800. The molecule has 0 bridgehead atoms. The normalized spacial score (nSPS) is 12.3. The molecule has 0 heterocycles. The lowest BCUT2D eigenvalue weighted by Crippen LogP contribution is -2.27. The highest BCUT2D eigenvalue weighted by Crippen LogP contribution is 1.88. The minimum Gasteiger partial charge on any atom is -0.392 e. The van der Waals surface area contributed by atoms with Gasteiger partial charge >= 0.3 is 0 Å². The van der Waals surface area contributed by atoms with E-state index >= 15 is 0 Å². The minimum atomic E-state index is -0.193. The molecular weight excluding hydrogens is 138 g/mol. The maximum absolute atomic E-state index is 8.91. The van der Waals surface area contributed by atoms with Crippen molar-refractivity contribution in [3.05, 3.63) is 0 Å². The average molecular weight is 161 g/mol. The summed E-state index contributed by atoms with van der Waals surface area (Å²) >= 11 is 0. The van der Waals surface area contributed by atoms with Gasteiger partial charge in [-0.25, -0.2) is 0 Å². The fraction of sp³-hybridized carbons (Fsp3) is 1.00. The standard InChI is InChI=1S/C7H17NO.C2H6/c1-4-5-8(3)6-7(2)9;1-2/h7,9H,4-6H2,1-3H3;1-2H3/t7-;/m0./s1. The molecule has 1 atom stereocenters. The molecule has 0 unspecified atom stereocenters. The Morgan fingerprint density at radius 2 is 1.82 bits per heavy atom. The highest BCUT2D eigenvalue weighted by atomic mass is 16.3. The third-order valence-electron chi connectivity index (χ3n) is 1.18. The lowest BCUT2D eigenvalue weighted by molar-refractivity contribution is 0.141. The summed E-state index contributed by atoms with van der Waals surface area (Å²) in [6, 6.07) is 0. The third kappa shape index (κ3) is 13.0. The molecule has 0 fully saturated rings. The molecule has 0 aromatic heterocycles. The van der Waals surface area contributed by atoms with E-state index in [4.69, 9.17) is 5.11 Å². The van der Waals surface area contributed by atoms with Gasteiger partial charge in [-0.2, -0.15) is 0 Å². The molecule has 2 heteroatoms. The molecule has 0 aromatic rings. The molecule has 0 spiro atoms. The van der Waals surface area contributed by atoms with Gasteiger partial charge in [-0.3, -0.25) is 0 Å². The second-order valence-electron chi connectivity index (χ2n) is 2.61. The van der Waals surface area contributed by atoms with Crippen LogP contribution in [-0.2, 0) is 0 Å². The molecule has 0 aromatic carbocycles. The van der Waals surface area contributed by atoms with Crippen molar-refractivity contribution in [3.8, 4) is 0 Å². The van der Waals surface area contributed by atoms with E-state index in [1.165, 1.54) is 0 Å². The van der Waals surface area contributed by atoms with Crippen LogP contribution in [-0.4, -0.2) is 36.2 Å². The summed E-state index contributed by atoms with van der Waals surface area (Å²) in [7, 11) is 2.02. The van der Waals surface area contributed by atoms with Crippen LogP contribution < -0.4 is 0 Å². The molecule has 0 amide bonds. The Kier molecular flexibility index (Phi) is 12.2. The van der Waals surface area contributed by atoms with Crippen LogP contribution in [0.5, 0.6) is 0 Å². The highest BCUT2D eigenvalue weighted by molar-refractivity contribution is 4.53. The second-order valence-corrected chi connectivity index (χ2v) is 2.61. The van der Waals surface area contributed by atoms with Gasteiger partial charge in [-0.05, 0) is 26.9 Å². The Balaban J connectivity index is 0. The first-order valence-corrected chi connectivity index (χ1v) is 4.53. The van der Waals surface area contributed by atoms with Crippen molar-refractivity contribution in [2.24, 2.45) is 0 Å². The van der Waals surface area contributed by atoms with Crippen LogP contribution >= 0.6 is 0 Å². The number of likely N-dealkylation sites (N-methyl/N-ethyl adjacent to an activating group) is 1. The van der Waals surface area contributed by atoms with Crippen molar-refractivity contribution in [2.75, 3.05) is 20.1 Å². The molecule has 0 aliphatic carbocycles. The molecule has 1 N–H and O–H groups in total. The Bertz CT molecular complexity index is 64.6. The molecule has 2 nitrogen and oxygen atoms in total. The minimum absolute atomic E-state index is 0.193. The van der Waals surface area contributed by atoms with Gasteiger partial charge in [0.1, 0.15) is 0 Å². The van der Waals surface area contributed by atoms with E-state index in [1.807, 2.05) is 27.8 Å². The fourth-order valence-electron chi connectivity index (χ4n) is 0.924. The first-order valence-electron chi connectivity index (χ1n) is 4.53. The summed E-state index contributed by atoms with van der Waals surface area (Å²) in [6.07, 6.45) is 0.963. The number of rotatable bonds is 4. The van der Waals surface area contributed by atoms with Crippen molar-refractivity contribution in [3.63, 3.8) is 0 Å². The van der Waals surface area contributed by atoms with Crippen LogP contribution in [0.25, 0.3) is 0 Å². The van der Waals surface area contributed by atoms with Crippen molar-refractivity contribution < 1.29 is 5.11 Å². The van der Waals surface area contributed by atoms with E-state index in [-0.39, 0.29) is 6.10 Å². The number of hydrogen-bond acceptors (Lipinski definition) is 2. The zero-order valence-corrected chi connectivity index (χ0v) is 8.59. The Labute approximate surface area is 71.2 Å². The molecule has 0 radical (unpaired) electrons. The lowest BCUT2D eigenvalue weighted by Gasteiger charge is -2.16. The molecule has 0 saturated heterocycles. The van der Waals surface area contributed by atoms with Crippen molar-refractivity contribution >= 4 is 0 Å². The topological polar surface area (TPSA) is 23.5 Å². The van der Waals surface area contributed by atoms with Gasteiger partial charge in [-0.15, -0.1) is 0 Å². The fourth-order valence-corrected chi connectivity index (χ4v) is 0.924. The summed E-state index contributed by atoms with van der Waals surface area (Å²) < 4.78 is 0. The van der Waals surface area contributed by atoms with Crippen molar-refractivity contribution in [2.45, 2.75) is 40.2 Å². The van der Waals surface area contributed by atoms with E-state index in [1.54, 1.807) is 0 Å². The summed E-state index contributed by atoms with van der Waals surface area (Å²) in [5, 5.41) is 8.91. The molecule has 0 aliphatic heterocycles. The van der Waals surface area contributed by atoms with E-state index < -0.39 is 0 Å². The number of aliphatic hydroxyl groups is 1. The molecular formula is C9H23NO. The van der Waals surface area contributed by atoms with Crippen LogP contribution in [0.2, 0.25) is 0 Å². The lowest BCUT2D eigenvalue weighted by atomic mass is 10.3. The predicted octanol–water partition coefficient (Wildman–Crippen LogP) is 1.74. The van der Waals surface area contributed by atoms with E-state index in [9.17, 15) is 0 Å². The Morgan fingerprint density at radius 1 is 1.36 bits per heavy atom. The van der Waals surface area contributed by atoms with Gasteiger partial charge in [0.2, 0.25) is 0 Å². The largest absolute Gasteiger partial charge is 0.392 e. The number of nitrogens with zero attached hydrogens (tertiary/aromatic N) is 1. The van der Waals surface area contributed by atoms with Gasteiger partial charge < -0.3 is 10.0 Å². The van der Waals surface area contributed by atoms with Crippen LogP contribution in [0, 0.1) is 0 Å². The van der Waals surface area contributed by atoms with Gasteiger partial charge in [0.25, 0.3) is 0 Å². The van der Waals surface area contributed by atoms with Crippen molar-refractivity contribution in [1.29, 1.82) is 0 Å². The Morgan fingerprint density at radius 3 is 2.09 bits per heavy atom. The van der Waals surface area contributed by atoms with Gasteiger partial charge in [0.05, 0.1) is 6.10 Å². The smallest absolute Gasteiger partial charge is 0.0638 e. The third-order valence-corrected chi connectivity index (χ3v) is 1.18. The first kappa shape index (κ1) is 13.5. The van der Waals surface area contributed by atoms with Crippen LogP contribution in [0.15, 0.2) is 0 Å². The average Bonchev–Trinajstić information content (AvgIpc) is 1.91. The SMILES string of the molecule is CC.CCCN(C)C[C@H](C)O. The van der Waals surface area contributed by atoms with E-state index in [0.29, 0.717) is 0 Å². The zero-order chi connectivity index (χ0) is 9.28.